The molecule has 1 aliphatic carbocycles. The first-order chi connectivity index (χ1) is 26.1. The Kier molecular flexibility index (Phi) is 5.60. The van der Waals surface area contributed by atoms with Gasteiger partial charge in [0.2, 0.25) is 0 Å². The molecule has 0 spiro atoms. The summed E-state index contributed by atoms with van der Waals surface area (Å²) in [5.41, 5.74) is 13.6. The Morgan fingerprint density at radius 3 is 1.49 bits per heavy atom. The maximum Gasteiger partial charge on any atom is 0.140 e. The van der Waals surface area contributed by atoms with Crippen LogP contribution in [0.25, 0.3) is 110 Å². The SMILES string of the molecule is CC1(C)c2ccc(-c3c4ccccc4c(-c4ccc5c(c4)oc4ccccc45)c4ccccc34)cc2-c2c1c1oc3ccccc3c1c1ccccc21. The maximum atomic E-state index is 6.79. The summed E-state index contributed by atoms with van der Waals surface area (Å²) in [5, 5.41) is 12.1. The van der Waals surface area contributed by atoms with Crippen LogP contribution in [0.4, 0.5) is 0 Å². The van der Waals surface area contributed by atoms with E-state index in [1.807, 2.05) is 12.1 Å². The molecule has 0 saturated heterocycles. The molecule has 0 bridgehead atoms. The van der Waals surface area contributed by atoms with E-state index in [4.69, 9.17) is 8.83 Å². The minimum atomic E-state index is -0.247. The first kappa shape index (κ1) is 29.0. The van der Waals surface area contributed by atoms with Gasteiger partial charge in [-0.05, 0) is 102 Å². The summed E-state index contributed by atoms with van der Waals surface area (Å²) in [6, 6.07) is 57.3. The molecule has 53 heavy (non-hydrogen) atoms. The van der Waals surface area contributed by atoms with Gasteiger partial charge in [0.25, 0.3) is 0 Å². The van der Waals surface area contributed by atoms with Crippen molar-refractivity contribution in [1.29, 1.82) is 0 Å². The van der Waals surface area contributed by atoms with E-state index in [1.165, 1.54) is 82.0 Å². The van der Waals surface area contributed by atoms with Gasteiger partial charge in [0.1, 0.15) is 22.3 Å². The molecule has 9 aromatic carbocycles. The molecule has 0 unspecified atom stereocenters. The third-order valence-electron chi connectivity index (χ3n) is 12.0. The smallest absolute Gasteiger partial charge is 0.140 e. The van der Waals surface area contributed by atoms with Gasteiger partial charge in [-0.2, -0.15) is 0 Å². The Morgan fingerprint density at radius 2 is 0.849 bits per heavy atom. The van der Waals surface area contributed by atoms with E-state index in [-0.39, 0.29) is 5.41 Å². The minimum Gasteiger partial charge on any atom is -0.456 e. The predicted octanol–water partition coefficient (Wildman–Crippen LogP) is 14.6. The van der Waals surface area contributed by atoms with Crippen molar-refractivity contribution in [3.8, 4) is 33.4 Å². The Morgan fingerprint density at radius 1 is 0.377 bits per heavy atom. The third-order valence-corrected chi connectivity index (χ3v) is 12.0. The number of hydrogen-bond acceptors (Lipinski definition) is 2. The second-order valence-electron chi connectivity index (χ2n) is 15.1. The van der Waals surface area contributed by atoms with Gasteiger partial charge in [-0.25, -0.2) is 0 Å². The molecule has 2 nitrogen and oxygen atoms in total. The Labute approximate surface area is 305 Å². The topological polar surface area (TPSA) is 26.3 Å². The van der Waals surface area contributed by atoms with E-state index >= 15 is 0 Å². The van der Waals surface area contributed by atoms with Crippen LogP contribution in [0, 0.1) is 0 Å². The van der Waals surface area contributed by atoms with Gasteiger partial charge in [-0.3, -0.25) is 0 Å². The fraction of sp³-hybridized carbons (Fsp3) is 0.0588. The molecule has 2 heterocycles. The number of furan rings is 2. The molecule has 1 aliphatic rings. The van der Waals surface area contributed by atoms with Crippen molar-refractivity contribution in [2.24, 2.45) is 0 Å². The summed E-state index contributed by atoms with van der Waals surface area (Å²) in [6.45, 7) is 4.72. The molecule has 0 saturated carbocycles. The first-order valence-corrected chi connectivity index (χ1v) is 18.4. The third kappa shape index (κ3) is 3.77. The lowest BCUT2D eigenvalue weighted by molar-refractivity contribution is 0.620. The Balaban J connectivity index is 1.15. The van der Waals surface area contributed by atoms with E-state index < -0.39 is 0 Å². The van der Waals surface area contributed by atoms with Gasteiger partial charge in [0.15, 0.2) is 0 Å². The number of hydrogen-bond donors (Lipinski definition) is 0. The summed E-state index contributed by atoms with van der Waals surface area (Å²) in [4.78, 5) is 0. The number of rotatable bonds is 2. The van der Waals surface area contributed by atoms with Crippen LogP contribution in [-0.4, -0.2) is 0 Å². The monoisotopic (exact) mass is 676 g/mol. The molecule has 2 aromatic heterocycles. The summed E-state index contributed by atoms with van der Waals surface area (Å²) in [5.74, 6) is 0. The summed E-state index contributed by atoms with van der Waals surface area (Å²) >= 11 is 0. The molecule has 248 valence electrons. The van der Waals surface area contributed by atoms with Gasteiger partial charge >= 0.3 is 0 Å². The molecule has 0 radical (unpaired) electrons. The van der Waals surface area contributed by atoms with Gasteiger partial charge in [0, 0.05) is 32.5 Å². The van der Waals surface area contributed by atoms with Crippen molar-refractivity contribution in [2.75, 3.05) is 0 Å². The van der Waals surface area contributed by atoms with E-state index in [2.05, 4.69) is 159 Å². The molecule has 12 rings (SSSR count). The number of benzene rings is 9. The van der Waals surface area contributed by atoms with Crippen LogP contribution >= 0.6 is 0 Å². The number of fused-ring (bicyclic) bond motifs is 15. The normalized spacial score (nSPS) is 13.6. The van der Waals surface area contributed by atoms with Crippen LogP contribution in [0.1, 0.15) is 25.0 Å². The van der Waals surface area contributed by atoms with Gasteiger partial charge in [-0.15, -0.1) is 0 Å². The largest absolute Gasteiger partial charge is 0.456 e. The molecular weight excluding hydrogens is 645 g/mol. The first-order valence-electron chi connectivity index (χ1n) is 18.4. The lowest BCUT2D eigenvalue weighted by atomic mass is 9.80. The zero-order valence-corrected chi connectivity index (χ0v) is 29.3. The second-order valence-corrected chi connectivity index (χ2v) is 15.1. The molecule has 11 aromatic rings. The fourth-order valence-corrected chi connectivity index (χ4v) is 9.75. The highest BCUT2D eigenvalue weighted by Crippen LogP contribution is 2.57. The van der Waals surface area contributed by atoms with Crippen LogP contribution in [0.5, 0.6) is 0 Å². The number of para-hydroxylation sites is 2. The van der Waals surface area contributed by atoms with E-state index in [0.29, 0.717) is 0 Å². The molecule has 0 amide bonds. The molecule has 0 fully saturated rings. The highest BCUT2D eigenvalue weighted by atomic mass is 16.3. The zero-order chi connectivity index (χ0) is 35.0. The van der Waals surface area contributed by atoms with Gasteiger partial charge in [-0.1, -0.05) is 141 Å². The van der Waals surface area contributed by atoms with Crippen LogP contribution in [0.15, 0.2) is 167 Å². The molecule has 0 N–H and O–H groups in total. The van der Waals surface area contributed by atoms with Gasteiger partial charge < -0.3 is 8.83 Å². The molecule has 0 aliphatic heterocycles. The Hall–Kier alpha value is -6.64. The van der Waals surface area contributed by atoms with Crippen LogP contribution in [-0.2, 0) is 5.41 Å². The molecular formula is C51H32O2. The second kappa shape index (κ2) is 10.2. The summed E-state index contributed by atoms with van der Waals surface area (Å²) in [7, 11) is 0. The van der Waals surface area contributed by atoms with Crippen LogP contribution in [0.3, 0.4) is 0 Å². The van der Waals surface area contributed by atoms with Gasteiger partial charge in [0.05, 0.1) is 0 Å². The van der Waals surface area contributed by atoms with Crippen molar-refractivity contribution in [2.45, 2.75) is 19.3 Å². The highest BCUT2D eigenvalue weighted by Gasteiger charge is 2.40. The lowest BCUT2D eigenvalue weighted by Crippen LogP contribution is -2.15. The lowest BCUT2D eigenvalue weighted by Gasteiger charge is -2.22. The van der Waals surface area contributed by atoms with E-state index in [9.17, 15) is 0 Å². The van der Waals surface area contributed by atoms with Crippen LogP contribution < -0.4 is 0 Å². The Bertz CT molecular complexity index is 3310. The average molecular weight is 677 g/mol. The van der Waals surface area contributed by atoms with Crippen molar-refractivity contribution in [1.82, 2.24) is 0 Å². The van der Waals surface area contributed by atoms with Crippen molar-refractivity contribution >= 4 is 76.2 Å². The van der Waals surface area contributed by atoms with E-state index in [1.54, 1.807) is 0 Å². The predicted molar refractivity (Wildman–Crippen MR) is 222 cm³/mol. The van der Waals surface area contributed by atoms with Crippen LogP contribution in [0.2, 0.25) is 0 Å². The van der Waals surface area contributed by atoms with Crippen molar-refractivity contribution < 1.29 is 8.83 Å². The quantitative estimate of drug-likeness (QED) is 0.170. The highest BCUT2D eigenvalue weighted by molar-refractivity contribution is 6.26. The molecule has 2 heteroatoms. The molecule has 0 atom stereocenters. The van der Waals surface area contributed by atoms with Crippen molar-refractivity contribution in [3.05, 3.63) is 169 Å². The standard InChI is InChI=1S/C51H32O2/c1-51(2)41-26-24-29(27-40(41)47-37-18-7-8-19-38(37)48-39-20-10-12-22-43(39)53-50(48)49(47)51)45-33-14-3-5-16-35(33)46(36-17-6-4-15-34(36)45)30-23-25-32-31-13-9-11-21-42(31)52-44(32)28-30/h3-28H,1-2H3. The summed E-state index contributed by atoms with van der Waals surface area (Å²) < 4.78 is 13.2. The van der Waals surface area contributed by atoms with Crippen molar-refractivity contribution in [3.63, 3.8) is 0 Å². The fourth-order valence-electron chi connectivity index (χ4n) is 9.75. The average Bonchev–Trinajstić information content (AvgIpc) is 3.84. The zero-order valence-electron chi connectivity index (χ0n) is 29.3. The maximum absolute atomic E-state index is 6.79. The minimum absolute atomic E-state index is 0.247. The van der Waals surface area contributed by atoms with E-state index in [0.717, 1.165) is 38.7 Å². The summed E-state index contributed by atoms with van der Waals surface area (Å²) in [6.07, 6.45) is 0.